The summed E-state index contributed by atoms with van der Waals surface area (Å²) in [5.74, 6) is 0.962. The van der Waals surface area contributed by atoms with Crippen LogP contribution in [0.2, 0.25) is 0 Å². The lowest BCUT2D eigenvalue weighted by atomic mass is 10.1. The summed E-state index contributed by atoms with van der Waals surface area (Å²) in [4.78, 5) is 12.7. The van der Waals surface area contributed by atoms with E-state index in [-0.39, 0.29) is 6.03 Å². The highest BCUT2D eigenvalue weighted by atomic mass is 16.2. The second-order valence-electron chi connectivity index (χ2n) is 4.66. The van der Waals surface area contributed by atoms with Gasteiger partial charge in [0.15, 0.2) is 0 Å². The molecule has 0 aliphatic heterocycles. The van der Waals surface area contributed by atoms with Crippen LogP contribution in [-0.2, 0) is 0 Å². The first-order chi connectivity index (χ1) is 7.09. The fraction of sp³-hybridized carbons (Fsp3) is 0.909. The molecule has 0 saturated heterocycles. The van der Waals surface area contributed by atoms with Crippen molar-refractivity contribution in [3.05, 3.63) is 0 Å². The molecule has 0 radical (unpaired) electrons. The average Bonchev–Trinajstić information content (AvgIpc) is 2.95. The van der Waals surface area contributed by atoms with Crippen molar-refractivity contribution in [3.8, 4) is 0 Å². The number of carbonyl (C=O) groups is 1. The zero-order valence-corrected chi connectivity index (χ0v) is 10.0. The molecule has 0 spiro atoms. The minimum atomic E-state index is -0.0216. The van der Waals surface area contributed by atoms with Crippen LogP contribution in [0.15, 0.2) is 0 Å². The molecule has 0 aromatic rings. The summed E-state index contributed by atoms with van der Waals surface area (Å²) in [7, 11) is 3.50. The van der Waals surface area contributed by atoms with E-state index in [1.165, 1.54) is 19.3 Å². The highest BCUT2D eigenvalue weighted by Gasteiger charge is 2.23. The number of urea groups is 1. The van der Waals surface area contributed by atoms with Gasteiger partial charge in [0.05, 0.1) is 0 Å². The number of rotatable bonds is 6. The maximum Gasteiger partial charge on any atom is 0.316 e. The van der Waals surface area contributed by atoms with Crippen molar-refractivity contribution >= 4 is 6.03 Å². The summed E-state index contributed by atoms with van der Waals surface area (Å²) in [6.45, 7) is 3.77. The first kappa shape index (κ1) is 12.3. The normalized spacial score (nSPS) is 17.3. The van der Waals surface area contributed by atoms with E-state index in [2.05, 4.69) is 17.6 Å². The number of amides is 2. The molecule has 2 amide bonds. The van der Waals surface area contributed by atoms with E-state index in [9.17, 15) is 4.79 Å². The second kappa shape index (κ2) is 5.95. The van der Waals surface area contributed by atoms with Gasteiger partial charge in [-0.25, -0.2) is 4.79 Å². The first-order valence-electron chi connectivity index (χ1n) is 5.78. The Morgan fingerprint density at radius 3 is 2.60 bits per heavy atom. The third kappa shape index (κ3) is 5.62. The van der Waals surface area contributed by atoms with Crippen molar-refractivity contribution in [2.45, 2.75) is 32.2 Å². The van der Waals surface area contributed by atoms with Crippen LogP contribution in [0.1, 0.15) is 26.2 Å². The van der Waals surface area contributed by atoms with Crippen LogP contribution in [0.4, 0.5) is 4.79 Å². The molecule has 1 fully saturated rings. The summed E-state index contributed by atoms with van der Waals surface area (Å²) in [5.41, 5.74) is 0. The Morgan fingerprint density at radius 1 is 1.40 bits per heavy atom. The molecule has 88 valence electrons. The molecule has 1 aliphatic carbocycles. The van der Waals surface area contributed by atoms with Crippen LogP contribution in [0.3, 0.4) is 0 Å². The Hall–Kier alpha value is -0.770. The van der Waals surface area contributed by atoms with Gasteiger partial charge < -0.3 is 15.5 Å². The molecule has 1 unspecified atom stereocenters. The van der Waals surface area contributed by atoms with E-state index in [4.69, 9.17) is 0 Å². The van der Waals surface area contributed by atoms with Crippen molar-refractivity contribution in [2.24, 2.45) is 5.92 Å². The Bertz CT molecular complexity index is 202. The second-order valence-corrected chi connectivity index (χ2v) is 4.66. The highest BCUT2D eigenvalue weighted by molar-refractivity contribution is 5.73. The van der Waals surface area contributed by atoms with E-state index in [0.717, 1.165) is 12.5 Å². The van der Waals surface area contributed by atoms with Gasteiger partial charge in [-0.05, 0) is 19.3 Å². The van der Waals surface area contributed by atoms with Gasteiger partial charge in [0.25, 0.3) is 0 Å². The highest BCUT2D eigenvalue weighted by Crippen LogP contribution is 2.33. The Balaban J connectivity index is 1.93. The van der Waals surface area contributed by atoms with Crippen LogP contribution in [0.5, 0.6) is 0 Å². The lowest BCUT2D eigenvalue weighted by Crippen LogP contribution is -2.40. The van der Waals surface area contributed by atoms with Gasteiger partial charge in [0, 0.05) is 33.2 Å². The molecule has 1 aliphatic rings. The van der Waals surface area contributed by atoms with Crippen molar-refractivity contribution in [1.82, 2.24) is 15.5 Å². The molecule has 0 aromatic carbocycles. The minimum Gasteiger partial charge on any atom is -0.337 e. The van der Waals surface area contributed by atoms with Crippen LogP contribution < -0.4 is 10.6 Å². The Morgan fingerprint density at radius 2 is 2.07 bits per heavy atom. The van der Waals surface area contributed by atoms with Gasteiger partial charge in [0.1, 0.15) is 0 Å². The van der Waals surface area contributed by atoms with Crippen molar-refractivity contribution in [2.75, 3.05) is 27.2 Å². The monoisotopic (exact) mass is 213 g/mol. The van der Waals surface area contributed by atoms with Gasteiger partial charge in [-0.3, -0.25) is 0 Å². The van der Waals surface area contributed by atoms with E-state index in [1.807, 2.05) is 0 Å². The topological polar surface area (TPSA) is 44.4 Å². The number of carbonyl (C=O) groups excluding carboxylic acids is 1. The Labute approximate surface area is 92.4 Å². The predicted octanol–water partition coefficient (Wildman–Crippen LogP) is 1.04. The molecule has 1 saturated carbocycles. The van der Waals surface area contributed by atoms with Gasteiger partial charge in [-0.2, -0.15) is 0 Å². The van der Waals surface area contributed by atoms with E-state index in [1.54, 1.807) is 19.0 Å². The number of hydrogen-bond acceptors (Lipinski definition) is 2. The minimum absolute atomic E-state index is 0.0216. The average molecular weight is 213 g/mol. The number of nitrogens with one attached hydrogen (secondary N) is 2. The smallest absolute Gasteiger partial charge is 0.316 e. The van der Waals surface area contributed by atoms with Crippen LogP contribution >= 0.6 is 0 Å². The quantitative estimate of drug-likeness (QED) is 0.647. The SMILES string of the molecule is CC(CC1CC1)NCCNC(=O)N(C)C. The summed E-state index contributed by atoms with van der Waals surface area (Å²) in [5, 5.41) is 6.25. The molecule has 15 heavy (non-hydrogen) atoms. The first-order valence-corrected chi connectivity index (χ1v) is 5.78. The maximum atomic E-state index is 11.2. The molecular formula is C11H23N3O. The van der Waals surface area contributed by atoms with Gasteiger partial charge in [0.2, 0.25) is 0 Å². The maximum absolute atomic E-state index is 11.2. The molecule has 2 N–H and O–H groups in total. The number of hydrogen-bond donors (Lipinski definition) is 2. The molecule has 0 heterocycles. The van der Waals surface area contributed by atoms with Crippen molar-refractivity contribution < 1.29 is 4.79 Å². The fourth-order valence-electron chi connectivity index (χ4n) is 1.58. The van der Waals surface area contributed by atoms with Gasteiger partial charge >= 0.3 is 6.03 Å². The molecule has 1 rings (SSSR count). The summed E-state index contributed by atoms with van der Waals surface area (Å²) < 4.78 is 0. The van der Waals surface area contributed by atoms with Crippen LogP contribution in [0.25, 0.3) is 0 Å². The zero-order chi connectivity index (χ0) is 11.3. The zero-order valence-electron chi connectivity index (χ0n) is 10.0. The molecule has 4 nitrogen and oxygen atoms in total. The fourth-order valence-corrected chi connectivity index (χ4v) is 1.58. The van der Waals surface area contributed by atoms with Crippen molar-refractivity contribution in [3.63, 3.8) is 0 Å². The largest absolute Gasteiger partial charge is 0.337 e. The van der Waals surface area contributed by atoms with E-state index >= 15 is 0 Å². The third-order valence-corrected chi connectivity index (χ3v) is 2.68. The Kier molecular flexibility index (Phi) is 4.88. The molecule has 1 atom stereocenters. The summed E-state index contributed by atoms with van der Waals surface area (Å²) in [6, 6.07) is 0.556. The van der Waals surface area contributed by atoms with Crippen LogP contribution in [0, 0.1) is 5.92 Å². The van der Waals surface area contributed by atoms with E-state index in [0.29, 0.717) is 12.6 Å². The lowest BCUT2D eigenvalue weighted by Gasteiger charge is -2.15. The number of nitrogens with zero attached hydrogens (tertiary/aromatic N) is 1. The van der Waals surface area contributed by atoms with Gasteiger partial charge in [-0.1, -0.05) is 12.8 Å². The lowest BCUT2D eigenvalue weighted by molar-refractivity contribution is 0.217. The molecular weight excluding hydrogens is 190 g/mol. The van der Waals surface area contributed by atoms with E-state index < -0.39 is 0 Å². The molecule has 0 bridgehead atoms. The van der Waals surface area contributed by atoms with Crippen LogP contribution in [-0.4, -0.2) is 44.2 Å². The van der Waals surface area contributed by atoms with Crippen molar-refractivity contribution in [1.29, 1.82) is 0 Å². The predicted molar refractivity (Wildman–Crippen MR) is 61.9 cm³/mol. The summed E-state index contributed by atoms with van der Waals surface area (Å²) in [6.07, 6.45) is 4.09. The summed E-state index contributed by atoms with van der Waals surface area (Å²) >= 11 is 0. The van der Waals surface area contributed by atoms with Gasteiger partial charge in [-0.15, -0.1) is 0 Å². The molecule has 4 heteroatoms. The standard InChI is InChI=1S/C11H23N3O/c1-9(8-10-4-5-10)12-6-7-13-11(15)14(2)3/h9-10,12H,4-8H2,1-3H3,(H,13,15). The molecule has 0 aromatic heterocycles. The third-order valence-electron chi connectivity index (χ3n) is 2.68.